The van der Waals surface area contributed by atoms with Gasteiger partial charge in [0.25, 0.3) is 0 Å². The van der Waals surface area contributed by atoms with Gasteiger partial charge in [-0.3, -0.25) is 9.59 Å². The predicted octanol–water partition coefficient (Wildman–Crippen LogP) is -0.0143. The number of hydrogen-bond donors (Lipinski definition) is 2. The summed E-state index contributed by atoms with van der Waals surface area (Å²) in [5, 5.41) is 11.2. The summed E-state index contributed by atoms with van der Waals surface area (Å²) in [5.74, 6) is -1.36. The third-order valence-corrected chi connectivity index (χ3v) is 2.02. The van der Waals surface area contributed by atoms with Crippen molar-refractivity contribution in [1.82, 2.24) is 5.32 Å². The minimum absolute atomic E-state index is 0.0388. The van der Waals surface area contributed by atoms with Gasteiger partial charge in [-0.15, -0.1) is 0 Å². The monoisotopic (exact) mass is 157 g/mol. The zero-order chi connectivity index (χ0) is 8.43. The van der Waals surface area contributed by atoms with Crippen LogP contribution in [0.15, 0.2) is 0 Å². The molecule has 0 saturated carbocycles. The highest BCUT2D eigenvalue weighted by Gasteiger charge is 2.29. The van der Waals surface area contributed by atoms with E-state index in [-0.39, 0.29) is 11.9 Å². The van der Waals surface area contributed by atoms with E-state index in [1.54, 1.807) is 6.92 Å². The number of rotatable bonds is 2. The Morgan fingerprint density at radius 3 is 2.82 bits per heavy atom. The van der Waals surface area contributed by atoms with Gasteiger partial charge >= 0.3 is 5.97 Å². The van der Waals surface area contributed by atoms with Gasteiger partial charge in [0, 0.05) is 12.5 Å². The number of carbonyl (C=O) groups is 2. The van der Waals surface area contributed by atoms with Gasteiger partial charge in [0.2, 0.25) is 5.91 Å². The Kier molecular flexibility index (Phi) is 2.12. The lowest BCUT2D eigenvalue weighted by Gasteiger charge is -2.13. The normalized spacial score (nSPS) is 26.3. The van der Waals surface area contributed by atoms with E-state index >= 15 is 0 Å². The second-order valence-corrected chi connectivity index (χ2v) is 2.84. The Hall–Kier alpha value is -1.06. The molecule has 1 saturated heterocycles. The van der Waals surface area contributed by atoms with Crippen molar-refractivity contribution in [2.24, 2.45) is 5.92 Å². The van der Waals surface area contributed by atoms with Crippen LogP contribution in [0.5, 0.6) is 0 Å². The van der Waals surface area contributed by atoms with Crippen LogP contribution in [0.25, 0.3) is 0 Å². The molecule has 4 nitrogen and oxygen atoms in total. The molecule has 1 aliphatic heterocycles. The zero-order valence-electron chi connectivity index (χ0n) is 6.33. The third-order valence-electron chi connectivity index (χ3n) is 2.02. The second kappa shape index (κ2) is 2.90. The van der Waals surface area contributed by atoms with Crippen molar-refractivity contribution < 1.29 is 14.7 Å². The molecule has 2 N–H and O–H groups in total. The Morgan fingerprint density at radius 2 is 2.45 bits per heavy atom. The van der Waals surface area contributed by atoms with Crippen LogP contribution in [-0.2, 0) is 9.59 Å². The van der Waals surface area contributed by atoms with E-state index in [9.17, 15) is 9.59 Å². The first-order valence-corrected chi connectivity index (χ1v) is 3.63. The van der Waals surface area contributed by atoms with E-state index in [1.165, 1.54) is 0 Å². The number of carboxylic acids is 1. The molecule has 4 heteroatoms. The number of carboxylic acid groups (broad SMARTS) is 1. The van der Waals surface area contributed by atoms with Gasteiger partial charge in [-0.1, -0.05) is 0 Å². The molecule has 1 fully saturated rings. The van der Waals surface area contributed by atoms with Crippen LogP contribution in [0.1, 0.15) is 19.8 Å². The summed E-state index contributed by atoms with van der Waals surface area (Å²) < 4.78 is 0. The Balaban J connectivity index is 2.49. The smallest absolute Gasteiger partial charge is 0.308 e. The molecule has 1 amide bonds. The summed E-state index contributed by atoms with van der Waals surface area (Å²) in [6.45, 7) is 1.61. The molecular weight excluding hydrogens is 146 g/mol. The van der Waals surface area contributed by atoms with E-state index < -0.39 is 11.9 Å². The highest BCUT2D eigenvalue weighted by atomic mass is 16.4. The molecule has 0 radical (unpaired) electrons. The lowest BCUT2D eigenvalue weighted by molar-refractivity contribution is -0.142. The van der Waals surface area contributed by atoms with Crippen molar-refractivity contribution in [2.45, 2.75) is 25.8 Å². The van der Waals surface area contributed by atoms with Gasteiger partial charge < -0.3 is 10.4 Å². The van der Waals surface area contributed by atoms with E-state index in [2.05, 4.69) is 5.32 Å². The van der Waals surface area contributed by atoms with E-state index in [0.717, 1.165) is 0 Å². The highest BCUT2D eigenvalue weighted by Crippen LogP contribution is 2.15. The first-order valence-electron chi connectivity index (χ1n) is 3.63. The molecule has 0 unspecified atom stereocenters. The van der Waals surface area contributed by atoms with Gasteiger partial charge in [-0.25, -0.2) is 0 Å². The second-order valence-electron chi connectivity index (χ2n) is 2.84. The minimum atomic E-state index is -0.850. The van der Waals surface area contributed by atoms with Crippen molar-refractivity contribution in [3.8, 4) is 0 Å². The third kappa shape index (κ3) is 1.69. The summed E-state index contributed by atoms with van der Waals surface area (Å²) >= 11 is 0. The first-order chi connectivity index (χ1) is 5.11. The zero-order valence-corrected chi connectivity index (χ0v) is 6.33. The summed E-state index contributed by atoms with van der Waals surface area (Å²) in [6, 6.07) is -0.167. The van der Waals surface area contributed by atoms with Gasteiger partial charge in [0.05, 0.1) is 5.92 Å². The van der Waals surface area contributed by atoms with Crippen LogP contribution in [0, 0.1) is 5.92 Å². The van der Waals surface area contributed by atoms with Gasteiger partial charge in [-0.05, 0) is 13.3 Å². The van der Waals surface area contributed by atoms with Crippen LogP contribution in [-0.4, -0.2) is 23.0 Å². The van der Waals surface area contributed by atoms with Crippen LogP contribution in [0.2, 0.25) is 0 Å². The van der Waals surface area contributed by atoms with Gasteiger partial charge in [0.15, 0.2) is 0 Å². The van der Waals surface area contributed by atoms with Crippen LogP contribution >= 0.6 is 0 Å². The molecule has 1 rings (SSSR count). The molecule has 62 valence electrons. The predicted molar refractivity (Wildman–Crippen MR) is 38.0 cm³/mol. The Morgan fingerprint density at radius 1 is 1.82 bits per heavy atom. The summed E-state index contributed by atoms with van der Waals surface area (Å²) in [7, 11) is 0. The maximum Gasteiger partial charge on any atom is 0.308 e. The number of aliphatic carboxylic acids is 1. The van der Waals surface area contributed by atoms with Crippen molar-refractivity contribution in [3.63, 3.8) is 0 Å². The molecule has 0 aromatic rings. The van der Waals surface area contributed by atoms with Gasteiger partial charge in [-0.2, -0.15) is 0 Å². The van der Waals surface area contributed by atoms with Crippen LogP contribution in [0.3, 0.4) is 0 Å². The van der Waals surface area contributed by atoms with Crippen molar-refractivity contribution >= 4 is 11.9 Å². The maximum atomic E-state index is 10.7. The van der Waals surface area contributed by atoms with Gasteiger partial charge in [0.1, 0.15) is 0 Å². The average molecular weight is 157 g/mol. The summed E-state index contributed by atoms with van der Waals surface area (Å²) in [5.41, 5.74) is 0. The molecule has 0 aliphatic carbocycles. The number of amides is 1. The quantitative estimate of drug-likeness (QED) is 0.592. The maximum absolute atomic E-state index is 10.7. The average Bonchev–Trinajstić information content (AvgIpc) is 2.34. The van der Waals surface area contributed by atoms with Crippen molar-refractivity contribution in [1.29, 1.82) is 0 Å². The van der Waals surface area contributed by atoms with Crippen molar-refractivity contribution in [2.75, 3.05) is 0 Å². The lowest BCUT2D eigenvalue weighted by Crippen LogP contribution is -2.35. The minimum Gasteiger partial charge on any atom is -0.481 e. The standard InChI is InChI=1S/C7H11NO3/c1-4(7(10)11)5-2-3-6(9)8-5/h4-5H,2-3H2,1H3,(H,8,9)(H,10,11)/t4-,5+/m0/s1. The first kappa shape index (κ1) is 8.04. The summed E-state index contributed by atoms with van der Waals surface area (Å²) in [6.07, 6.45) is 1.11. The molecule has 0 aromatic heterocycles. The molecule has 0 aromatic carbocycles. The number of nitrogens with one attached hydrogen (secondary N) is 1. The van der Waals surface area contributed by atoms with E-state index in [0.29, 0.717) is 12.8 Å². The molecule has 1 aliphatic rings. The van der Waals surface area contributed by atoms with Crippen molar-refractivity contribution in [3.05, 3.63) is 0 Å². The van der Waals surface area contributed by atoms with E-state index in [1.807, 2.05) is 0 Å². The van der Waals surface area contributed by atoms with E-state index in [4.69, 9.17) is 5.11 Å². The molecular formula is C7H11NO3. The molecule has 0 spiro atoms. The largest absolute Gasteiger partial charge is 0.481 e. The highest BCUT2D eigenvalue weighted by molar-refractivity contribution is 5.80. The lowest BCUT2D eigenvalue weighted by atomic mass is 10.0. The topological polar surface area (TPSA) is 66.4 Å². The Labute approximate surface area is 64.6 Å². The molecule has 1 heterocycles. The van der Waals surface area contributed by atoms with Crippen LogP contribution < -0.4 is 5.32 Å². The Bertz CT molecular complexity index is 190. The summed E-state index contributed by atoms with van der Waals surface area (Å²) in [4.78, 5) is 21.1. The fraction of sp³-hybridized carbons (Fsp3) is 0.714. The van der Waals surface area contributed by atoms with Crippen LogP contribution in [0.4, 0.5) is 0 Å². The fourth-order valence-electron chi connectivity index (χ4n) is 1.18. The number of carbonyl (C=O) groups excluding carboxylic acids is 1. The number of hydrogen-bond acceptors (Lipinski definition) is 2. The molecule has 2 atom stereocenters. The molecule has 0 bridgehead atoms. The fourth-order valence-corrected chi connectivity index (χ4v) is 1.18. The molecule has 11 heavy (non-hydrogen) atoms. The SMILES string of the molecule is C[C@H](C(=O)O)[C@H]1CCC(=O)N1.